The van der Waals surface area contributed by atoms with Crippen LogP contribution in [0.15, 0.2) is 30.3 Å². The Hall–Kier alpha value is -1.96. The molecule has 102 valence electrons. The van der Waals surface area contributed by atoms with Gasteiger partial charge in [0, 0.05) is 0 Å². The fourth-order valence-electron chi connectivity index (χ4n) is 2.12. The third kappa shape index (κ3) is 4.66. The second-order valence-electron chi connectivity index (χ2n) is 5.09. The summed E-state index contributed by atoms with van der Waals surface area (Å²) in [5.74, 6) is 0.776. The van der Waals surface area contributed by atoms with Gasteiger partial charge < -0.3 is 10.2 Å². The van der Waals surface area contributed by atoms with Crippen LogP contribution in [0.3, 0.4) is 0 Å². The minimum atomic E-state index is 0.354. The lowest BCUT2D eigenvalue weighted by Gasteiger charge is -2.03. The fourth-order valence-corrected chi connectivity index (χ4v) is 2.12. The summed E-state index contributed by atoms with van der Waals surface area (Å²) in [6.07, 6.45) is 0. The Kier molecular flexibility index (Phi) is 4.99. The van der Waals surface area contributed by atoms with Gasteiger partial charge in [-0.1, -0.05) is 23.8 Å². The summed E-state index contributed by atoms with van der Waals surface area (Å²) in [5, 5.41) is 18.3. The van der Waals surface area contributed by atoms with E-state index < -0.39 is 0 Å². The third-order valence-electron chi connectivity index (χ3n) is 2.84. The zero-order valence-electron chi connectivity index (χ0n) is 12.3. The predicted molar refractivity (Wildman–Crippen MR) is 79.9 cm³/mol. The molecule has 0 aliphatic heterocycles. The van der Waals surface area contributed by atoms with Gasteiger partial charge in [-0.2, -0.15) is 0 Å². The van der Waals surface area contributed by atoms with Crippen LogP contribution >= 0.6 is 0 Å². The predicted octanol–water partition coefficient (Wildman–Crippen LogP) is 4.33. The zero-order valence-corrected chi connectivity index (χ0v) is 12.3. The average molecular weight is 258 g/mol. The van der Waals surface area contributed by atoms with Crippen molar-refractivity contribution in [1.29, 1.82) is 0 Å². The van der Waals surface area contributed by atoms with E-state index in [0.717, 1.165) is 22.3 Å². The van der Waals surface area contributed by atoms with Crippen molar-refractivity contribution in [2.24, 2.45) is 0 Å². The van der Waals surface area contributed by atoms with Crippen LogP contribution in [0, 0.1) is 34.6 Å². The van der Waals surface area contributed by atoms with E-state index in [1.54, 1.807) is 12.1 Å². The van der Waals surface area contributed by atoms with E-state index in [-0.39, 0.29) is 0 Å². The molecule has 2 nitrogen and oxygen atoms in total. The largest absolute Gasteiger partial charge is 0.508 e. The quantitative estimate of drug-likeness (QED) is 0.738. The van der Waals surface area contributed by atoms with Gasteiger partial charge in [-0.15, -0.1) is 0 Å². The van der Waals surface area contributed by atoms with Crippen molar-refractivity contribution in [3.63, 3.8) is 0 Å². The number of phenolic OH excluding ortho intramolecular Hbond substituents is 2. The summed E-state index contributed by atoms with van der Waals surface area (Å²) in [4.78, 5) is 0. The first-order chi connectivity index (χ1) is 8.79. The second-order valence-corrected chi connectivity index (χ2v) is 5.09. The molecule has 0 radical (unpaired) electrons. The van der Waals surface area contributed by atoms with Crippen molar-refractivity contribution >= 4 is 0 Å². The maximum Gasteiger partial charge on any atom is 0.121 e. The molecule has 0 aromatic heterocycles. The highest BCUT2D eigenvalue weighted by Crippen LogP contribution is 2.21. The lowest BCUT2D eigenvalue weighted by Crippen LogP contribution is -1.81. The Morgan fingerprint density at radius 2 is 0.947 bits per heavy atom. The molecule has 0 fully saturated rings. The standard InChI is InChI=1S/C9H12O.C8H10O/c1-6-4-7(2)9(10)8(3)5-6;1-6-3-7(2)5-8(9)4-6/h4-5,10H,1-3H3;3-5,9H,1-2H3. The number of hydrogen-bond acceptors (Lipinski definition) is 2. The van der Waals surface area contributed by atoms with Crippen LogP contribution in [-0.2, 0) is 0 Å². The first-order valence-electron chi connectivity index (χ1n) is 6.33. The van der Waals surface area contributed by atoms with Gasteiger partial charge in [-0.05, 0) is 69.0 Å². The first-order valence-corrected chi connectivity index (χ1v) is 6.33. The summed E-state index contributed by atoms with van der Waals surface area (Å²) >= 11 is 0. The van der Waals surface area contributed by atoms with Crippen molar-refractivity contribution in [3.8, 4) is 11.5 Å². The average Bonchev–Trinajstić information content (AvgIpc) is 2.24. The van der Waals surface area contributed by atoms with Gasteiger partial charge in [0.1, 0.15) is 11.5 Å². The monoisotopic (exact) mass is 258 g/mol. The fraction of sp³-hybridized carbons (Fsp3) is 0.294. The highest BCUT2D eigenvalue weighted by atomic mass is 16.3. The summed E-state index contributed by atoms with van der Waals surface area (Å²) in [6.45, 7) is 9.78. The van der Waals surface area contributed by atoms with E-state index in [1.165, 1.54) is 5.56 Å². The van der Waals surface area contributed by atoms with Gasteiger partial charge in [-0.3, -0.25) is 0 Å². The molecule has 0 unspecified atom stereocenters. The van der Waals surface area contributed by atoms with E-state index in [1.807, 2.05) is 52.8 Å². The van der Waals surface area contributed by atoms with Crippen LogP contribution in [0.25, 0.3) is 0 Å². The van der Waals surface area contributed by atoms with Crippen LogP contribution in [0.4, 0.5) is 0 Å². The first kappa shape index (κ1) is 15.1. The van der Waals surface area contributed by atoms with Crippen molar-refractivity contribution in [3.05, 3.63) is 58.1 Å². The molecule has 0 amide bonds. The maximum absolute atomic E-state index is 9.33. The Labute approximate surface area is 115 Å². The number of aryl methyl sites for hydroxylation is 5. The molecule has 0 aliphatic carbocycles. The molecule has 0 saturated heterocycles. The maximum atomic E-state index is 9.33. The van der Waals surface area contributed by atoms with Gasteiger partial charge in [0.25, 0.3) is 0 Å². The molecule has 2 heteroatoms. The van der Waals surface area contributed by atoms with Gasteiger partial charge in [0.15, 0.2) is 0 Å². The summed E-state index contributed by atoms with van der Waals surface area (Å²) in [6, 6.07) is 9.46. The van der Waals surface area contributed by atoms with Crippen molar-refractivity contribution in [2.45, 2.75) is 34.6 Å². The number of aromatic hydroxyl groups is 2. The number of phenols is 2. The number of benzene rings is 2. The Morgan fingerprint density at radius 1 is 0.579 bits per heavy atom. The lowest BCUT2D eigenvalue weighted by molar-refractivity contribution is 0.466. The summed E-state index contributed by atoms with van der Waals surface area (Å²) < 4.78 is 0. The molecule has 2 N–H and O–H groups in total. The zero-order chi connectivity index (χ0) is 14.6. The van der Waals surface area contributed by atoms with E-state index in [2.05, 4.69) is 0 Å². The van der Waals surface area contributed by atoms with Gasteiger partial charge in [-0.25, -0.2) is 0 Å². The minimum Gasteiger partial charge on any atom is -0.508 e. The Balaban J connectivity index is 0.000000191. The van der Waals surface area contributed by atoms with Gasteiger partial charge in [0.2, 0.25) is 0 Å². The van der Waals surface area contributed by atoms with Crippen molar-refractivity contribution in [2.75, 3.05) is 0 Å². The smallest absolute Gasteiger partial charge is 0.121 e. The molecule has 0 atom stereocenters. The topological polar surface area (TPSA) is 40.5 Å². The SMILES string of the molecule is Cc1cc(C)c(O)c(C)c1.Cc1cc(C)cc(O)c1. The molecule has 0 aliphatic rings. The molecule has 2 aromatic rings. The molecule has 0 spiro atoms. The molecular formula is C17H22O2. The Morgan fingerprint density at radius 3 is 1.32 bits per heavy atom. The van der Waals surface area contributed by atoms with Gasteiger partial charge in [0.05, 0.1) is 0 Å². The highest BCUT2D eigenvalue weighted by Gasteiger charge is 1.98. The molecular weight excluding hydrogens is 236 g/mol. The molecule has 19 heavy (non-hydrogen) atoms. The Bertz CT molecular complexity index is 498. The lowest BCUT2D eigenvalue weighted by atomic mass is 10.1. The van der Waals surface area contributed by atoms with E-state index in [0.29, 0.717) is 11.5 Å². The third-order valence-corrected chi connectivity index (χ3v) is 2.84. The molecule has 2 rings (SSSR count). The van der Waals surface area contributed by atoms with E-state index >= 15 is 0 Å². The summed E-state index contributed by atoms with van der Waals surface area (Å²) in [5.41, 5.74) is 5.32. The molecule has 0 bridgehead atoms. The minimum absolute atomic E-state index is 0.354. The number of rotatable bonds is 0. The molecule has 0 saturated carbocycles. The van der Waals surface area contributed by atoms with Crippen molar-refractivity contribution < 1.29 is 10.2 Å². The van der Waals surface area contributed by atoms with Crippen LogP contribution in [-0.4, -0.2) is 10.2 Å². The highest BCUT2D eigenvalue weighted by molar-refractivity contribution is 5.41. The number of hydrogen-bond donors (Lipinski definition) is 2. The van der Waals surface area contributed by atoms with Crippen molar-refractivity contribution in [1.82, 2.24) is 0 Å². The van der Waals surface area contributed by atoms with Crippen LogP contribution in [0.5, 0.6) is 11.5 Å². The van der Waals surface area contributed by atoms with Crippen LogP contribution in [0.2, 0.25) is 0 Å². The molecule has 0 heterocycles. The normalized spacial score (nSPS) is 9.74. The van der Waals surface area contributed by atoms with E-state index in [4.69, 9.17) is 5.11 Å². The van der Waals surface area contributed by atoms with Gasteiger partial charge >= 0.3 is 0 Å². The summed E-state index contributed by atoms with van der Waals surface area (Å²) in [7, 11) is 0. The molecule has 2 aromatic carbocycles. The van der Waals surface area contributed by atoms with Crippen LogP contribution in [0.1, 0.15) is 27.8 Å². The van der Waals surface area contributed by atoms with Crippen LogP contribution < -0.4 is 0 Å². The van der Waals surface area contributed by atoms with E-state index in [9.17, 15) is 5.11 Å². The second kappa shape index (κ2) is 6.28.